The molecule has 1 aliphatic rings. The van der Waals surface area contributed by atoms with Crippen LogP contribution in [0, 0.1) is 11.6 Å². The maximum atomic E-state index is 13.2. The molecule has 3 rings (SSSR count). The third-order valence-corrected chi connectivity index (χ3v) is 5.37. The summed E-state index contributed by atoms with van der Waals surface area (Å²) >= 11 is 1.31. The van der Waals surface area contributed by atoms with Gasteiger partial charge in [-0.1, -0.05) is 6.92 Å². The summed E-state index contributed by atoms with van der Waals surface area (Å²) in [7, 11) is 0. The fourth-order valence-corrected chi connectivity index (χ4v) is 4.20. The lowest BCUT2D eigenvalue weighted by Crippen LogP contribution is -2.30. The number of nitrogens with two attached hydrogens (primary N) is 1. The maximum Gasteiger partial charge on any atom is 0.324 e. The molecule has 3 amide bonds. The zero-order valence-corrected chi connectivity index (χ0v) is 14.9. The van der Waals surface area contributed by atoms with E-state index in [0.29, 0.717) is 23.5 Å². The molecule has 0 unspecified atom stereocenters. The number of carbonyl (C=O) groups is 2. The molecule has 0 spiro atoms. The van der Waals surface area contributed by atoms with Crippen molar-refractivity contribution < 1.29 is 18.4 Å². The van der Waals surface area contributed by atoms with Crippen LogP contribution in [0.3, 0.4) is 0 Å². The number of fused-ring (bicyclic) bond motifs is 1. The largest absolute Gasteiger partial charge is 0.365 e. The molecule has 0 saturated heterocycles. The number of benzene rings is 1. The Morgan fingerprint density at radius 2 is 2.04 bits per heavy atom. The summed E-state index contributed by atoms with van der Waals surface area (Å²) in [5, 5.41) is 5.37. The Morgan fingerprint density at radius 3 is 2.69 bits per heavy atom. The van der Waals surface area contributed by atoms with E-state index in [4.69, 9.17) is 5.73 Å². The average Bonchev–Trinajstić information content (AvgIpc) is 2.94. The lowest BCUT2D eigenvalue weighted by molar-refractivity contribution is 0.1000. The molecule has 2 heterocycles. The Hall–Kier alpha value is -2.52. The topological polar surface area (TPSA) is 87.5 Å². The third-order valence-electron chi connectivity index (χ3n) is 4.23. The molecule has 0 radical (unpaired) electrons. The molecule has 26 heavy (non-hydrogen) atoms. The van der Waals surface area contributed by atoms with Gasteiger partial charge in [0.15, 0.2) is 11.6 Å². The molecule has 0 saturated carbocycles. The molecular weight excluding hydrogens is 362 g/mol. The van der Waals surface area contributed by atoms with E-state index in [-0.39, 0.29) is 5.69 Å². The summed E-state index contributed by atoms with van der Waals surface area (Å²) in [4.78, 5) is 27.3. The lowest BCUT2D eigenvalue weighted by Gasteiger charge is -2.25. The van der Waals surface area contributed by atoms with Crippen molar-refractivity contribution in [2.45, 2.75) is 19.9 Å². The average molecular weight is 380 g/mol. The first kappa shape index (κ1) is 18.3. The van der Waals surface area contributed by atoms with Gasteiger partial charge in [0.05, 0.1) is 5.56 Å². The summed E-state index contributed by atoms with van der Waals surface area (Å²) in [6, 6.07) is 2.38. The number of primary amides is 1. The van der Waals surface area contributed by atoms with Gasteiger partial charge in [-0.05, 0) is 30.7 Å². The number of carbonyl (C=O) groups excluding carboxylic acids is 2. The van der Waals surface area contributed by atoms with Gasteiger partial charge in [-0.2, -0.15) is 0 Å². The van der Waals surface area contributed by atoms with Crippen LogP contribution in [0.4, 0.5) is 24.3 Å². The first-order valence-corrected chi connectivity index (χ1v) is 8.90. The molecule has 0 bridgehead atoms. The standard InChI is InChI=1S/C17H18F2N4O2S/c1-2-23-6-5-10-13(8-23)26-16(14(10)15(20)24)22-17(25)21-9-3-4-11(18)12(19)7-9/h3-4,7H,2,5-6,8H2,1H3,(H2,20,24)(H2,21,22,25). The number of nitrogens with zero attached hydrogens (tertiary/aromatic N) is 1. The van der Waals surface area contributed by atoms with Crippen molar-refractivity contribution >= 4 is 34.0 Å². The van der Waals surface area contributed by atoms with E-state index < -0.39 is 23.6 Å². The molecule has 1 aromatic heterocycles. The first-order chi connectivity index (χ1) is 12.4. The SMILES string of the molecule is CCN1CCc2c(sc(NC(=O)Nc3ccc(F)c(F)c3)c2C(N)=O)C1. The normalized spacial score (nSPS) is 14.0. The third kappa shape index (κ3) is 3.68. The minimum Gasteiger partial charge on any atom is -0.365 e. The molecule has 0 atom stereocenters. The highest BCUT2D eigenvalue weighted by molar-refractivity contribution is 7.17. The summed E-state index contributed by atoms with van der Waals surface area (Å²) < 4.78 is 26.2. The van der Waals surface area contributed by atoms with Crippen LogP contribution in [0.15, 0.2) is 18.2 Å². The predicted octanol–water partition coefficient (Wildman–Crippen LogP) is 3.15. The maximum absolute atomic E-state index is 13.2. The minimum atomic E-state index is -1.06. The summed E-state index contributed by atoms with van der Waals surface area (Å²) in [5.74, 6) is -2.67. The van der Waals surface area contributed by atoms with E-state index >= 15 is 0 Å². The fourth-order valence-electron chi connectivity index (χ4n) is 2.91. The fraction of sp³-hybridized carbons (Fsp3) is 0.294. The van der Waals surface area contributed by atoms with Crippen molar-refractivity contribution in [1.82, 2.24) is 4.90 Å². The van der Waals surface area contributed by atoms with Gasteiger partial charge in [0.1, 0.15) is 5.00 Å². The van der Waals surface area contributed by atoms with Crippen LogP contribution in [0.5, 0.6) is 0 Å². The van der Waals surface area contributed by atoms with Gasteiger partial charge in [0.25, 0.3) is 5.91 Å². The van der Waals surface area contributed by atoms with Crippen molar-refractivity contribution in [2.24, 2.45) is 5.73 Å². The van der Waals surface area contributed by atoms with Crippen LogP contribution < -0.4 is 16.4 Å². The van der Waals surface area contributed by atoms with Crippen LogP contribution >= 0.6 is 11.3 Å². The summed E-state index contributed by atoms with van der Waals surface area (Å²) in [6.45, 7) is 4.47. The Kier molecular flexibility index (Phi) is 5.19. The van der Waals surface area contributed by atoms with Crippen LogP contribution in [-0.2, 0) is 13.0 Å². The first-order valence-electron chi connectivity index (χ1n) is 8.08. The number of urea groups is 1. The molecule has 9 heteroatoms. The molecular formula is C17H18F2N4O2S. The van der Waals surface area contributed by atoms with Crippen molar-refractivity contribution in [1.29, 1.82) is 0 Å². The van der Waals surface area contributed by atoms with E-state index in [9.17, 15) is 18.4 Å². The number of likely N-dealkylation sites (N-methyl/N-ethyl adjacent to an activating group) is 1. The Balaban J connectivity index is 1.80. The quantitative estimate of drug-likeness (QED) is 0.761. The number of anilines is 2. The van der Waals surface area contributed by atoms with Crippen molar-refractivity contribution in [3.63, 3.8) is 0 Å². The molecule has 0 fully saturated rings. The molecule has 138 valence electrons. The number of hydrogen-bond donors (Lipinski definition) is 3. The molecule has 1 aromatic carbocycles. The van der Waals surface area contributed by atoms with Crippen LogP contribution in [0.1, 0.15) is 27.7 Å². The number of thiophene rings is 1. The van der Waals surface area contributed by atoms with E-state index in [1.165, 1.54) is 17.4 Å². The van der Waals surface area contributed by atoms with Gasteiger partial charge >= 0.3 is 6.03 Å². The van der Waals surface area contributed by atoms with Gasteiger partial charge in [-0.25, -0.2) is 13.6 Å². The van der Waals surface area contributed by atoms with Gasteiger partial charge in [0, 0.05) is 29.7 Å². The molecule has 6 nitrogen and oxygen atoms in total. The molecule has 1 aliphatic heterocycles. The molecule has 2 aromatic rings. The van der Waals surface area contributed by atoms with E-state index in [0.717, 1.165) is 35.7 Å². The van der Waals surface area contributed by atoms with Crippen molar-refractivity contribution in [3.8, 4) is 0 Å². The van der Waals surface area contributed by atoms with Crippen molar-refractivity contribution in [2.75, 3.05) is 23.7 Å². The van der Waals surface area contributed by atoms with Crippen LogP contribution in [-0.4, -0.2) is 29.9 Å². The van der Waals surface area contributed by atoms with Crippen LogP contribution in [0.25, 0.3) is 0 Å². The second-order valence-corrected chi connectivity index (χ2v) is 7.00. The number of rotatable bonds is 4. The molecule has 0 aliphatic carbocycles. The smallest absolute Gasteiger partial charge is 0.324 e. The van der Waals surface area contributed by atoms with Gasteiger partial charge in [0.2, 0.25) is 0 Å². The van der Waals surface area contributed by atoms with Gasteiger partial charge < -0.3 is 11.1 Å². The van der Waals surface area contributed by atoms with Gasteiger partial charge in [-0.3, -0.25) is 15.0 Å². The molecule has 4 N–H and O–H groups in total. The van der Waals surface area contributed by atoms with Crippen LogP contribution in [0.2, 0.25) is 0 Å². The predicted molar refractivity (Wildman–Crippen MR) is 96.5 cm³/mol. The highest BCUT2D eigenvalue weighted by Gasteiger charge is 2.27. The highest BCUT2D eigenvalue weighted by Crippen LogP contribution is 2.36. The second-order valence-electron chi connectivity index (χ2n) is 5.90. The van der Waals surface area contributed by atoms with E-state index in [1.54, 1.807) is 0 Å². The zero-order valence-electron chi connectivity index (χ0n) is 14.1. The number of halogens is 2. The van der Waals surface area contributed by atoms with Crippen molar-refractivity contribution in [3.05, 3.63) is 45.8 Å². The Labute approximate surface area is 153 Å². The zero-order chi connectivity index (χ0) is 18.8. The Morgan fingerprint density at radius 1 is 1.27 bits per heavy atom. The van der Waals surface area contributed by atoms with Gasteiger partial charge in [-0.15, -0.1) is 11.3 Å². The lowest BCUT2D eigenvalue weighted by atomic mass is 10.0. The second kappa shape index (κ2) is 7.38. The summed E-state index contributed by atoms with van der Waals surface area (Å²) in [6.07, 6.45) is 0.685. The number of amides is 3. The number of nitrogens with one attached hydrogen (secondary N) is 2. The monoisotopic (exact) mass is 380 g/mol. The number of hydrogen-bond acceptors (Lipinski definition) is 4. The Bertz CT molecular complexity index is 869. The van der Waals surface area contributed by atoms with E-state index in [2.05, 4.69) is 22.5 Å². The van der Waals surface area contributed by atoms with E-state index in [1.807, 2.05) is 0 Å². The minimum absolute atomic E-state index is 0.0977. The highest BCUT2D eigenvalue weighted by atomic mass is 32.1. The summed E-state index contributed by atoms with van der Waals surface area (Å²) in [5.41, 5.74) is 6.80.